The molecule has 0 aliphatic heterocycles. The van der Waals surface area contributed by atoms with Crippen molar-refractivity contribution in [3.8, 4) is 0 Å². The predicted molar refractivity (Wildman–Crippen MR) is 116 cm³/mol. The summed E-state index contributed by atoms with van der Waals surface area (Å²) in [6.45, 7) is 1.60. The third kappa shape index (κ3) is 3.06. The number of para-hydroxylation sites is 2. The van der Waals surface area contributed by atoms with Crippen molar-refractivity contribution in [1.82, 2.24) is 4.57 Å². The van der Waals surface area contributed by atoms with Gasteiger partial charge in [0.05, 0.1) is 11.6 Å². The van der Waals surface area contributed by atoms with E-state index in [2.05, 4.69) is 88.3 Å². The van der Waals surface area contributed by atoms with Crippen LogP contribution in [0.1, 0.15) is 11.1 Å². The molecule has 0 spiro atoms. The number of rotatable bonds is 4. The average molecular weight is 384 g/mol. The van der Waals surface area contributed by atoms with Gasteiger partial charge in [-0.05, 0) is 24.3 Å². The Kier molecular flexibility index (Phi) is 4.34. The summed E-state index contributed by atoms with van der Waals surface area (Å²) in [5, 5.41) is 3.42. The molecule has 0 aliphatic carbocycles. The molecule has 0 atom stereocenters. The van der Waals surface area contributed by atoms with Crippen molar-refractivity contribution in [2.24, 2.45) is 0 Å². The standard InChI is InChI=1S/C25H20ClN2/c26-23-12-4-1-9-20(23)18-27-15-7-8-19(16-27)17-28-24-13-5-2-10-21(24)22-11-3-6-14-25(22)28/h1-16H,17-18H2/q+1. The van der Waals surface area contributed by atoms with E-state index in [1.807, 2.05) is 18.2 Å². The Balaban J connectivity index is 1.54. The van der Waals surface area contributed by atoms with E-state index in [0.29, 0.717) is 0 Å². The molecule has 3 heteroatoms. The molecule has 0 bridgehead atoms. The largest absolute Gasteiger partial charge is 0.336 e. The number of hydrogen-bond acceptors (Lipinski definition) is 0. The van der Waals surface area contributed by atoms with Crippen molar-refractivity contribution in [3.63, 3.8) is 0 Å². The fourth-order valence-corrected chi connectivity index (χ4v) is 4.14. The summed E-state index contributed by atoms with van der Waals surface area (Å²) in [6.07, 6.45) is 4.31. The summed E-state index contributed by atoms with van der Waals surface area (Å²) in [5.41, 5.74) is 4.93. The Labute approximate surface area is 169 Å². The second-order valence-electron chi connectivity index (χ2n) is 7.10. The summed E-state index contributed by atoms with van der Waals surface area (Å²) < 4.78 is 4.60. The number of pyridine rings is 1. The van der Waals surface area contributed by atoms with Crippen LogP contribution in [0.15, 0.2) is 97.3 Å². The van der Waals surface area contributed by atoms with Gasteiger partial charge in [0.25, 0.3) is 0 Å². The van der Waals surface area contributed by atoms with Crippen LogP contribution in [0.3, 0.4) is 0 Å². The van der Waals surface area contributed by atoms with Crippen molar-refractivity contribution < 1.29 is 4.57 Å². The maximum atomic E-state index is 6.34. The Morgan fingerprint density at radius 1 is 0.714 bits per heavy atom. The second-order valence-corrected chi connectivity index (χ2v) is 7.50. The van der Waals surface area contributed by atoms with Gasteiger partial charge in [0.2, 0.25) is 0 Å². The Morgan fingerprint density at radius 3 is 2.07 bits per heavy atom. The molecule has 0 unspecified atom stereocenters. The van der Waals surface area contributed by atoms with Crippen LogP contribution < -0.4 is 4.57 Å². The lowest BCUT2D eigenvalue weighted by atomic mass is 10.2. The third-order valence-electron chi connectivity index (χ3n) is 5.25. The molecule has 2 heterocycles. The van der Waals surface area contributed by atoms with E-state index in [9.17, 15) is 0 Å². The van der Waals surface area contributed by atoms with Crippen LogP contribution in [0.2, 0.25) is 5.02 Å². The number of nitrogens with zero attached hydrogens (tertiary/aromatic N) is 2. The van der Waals surface area contributed by atoms with Crippen LogP contribution in [0.5, 0.6) is 0 Å². The van der Waals surface area contributed by atoms with Crippen molar-refractivity contribution in [2.75, 3.05) is 0 Å². The topological polar surface area (TPSA) is 8.81 Å². The SMILES string of the molecule is Clc1ccccc1C[n+]1cccc(Cn2c3ccccc3c3ccccc32)c1. The highest BCUT2D eigenvalue weighted by Crippen LogP contribution is 2.29. The zero-order chi connectivity index (χ0) is 18.9. The van der Waals surface area contributed by atoms with E-state index in [0.717, 1.165) is 23.7 Å². The number of hydrogen-bond donors (Lipinski definition) is 0. The maximum absolute atomic E-state index is 6.34. The van der Waals surface area contributed by atoms with E-state index in [1.165, 1.54) is 27.4 Å². The summed E-state index contributed by atoms with van der Waals surface area (Å²) >= 11 is 6.34. The van der Waals surface area contributed by atoms with E-state index >= 15 is 0 Å². The molecule has 5 rings (SSSR count). The minimum Gasteiger partial charge on any atom is -0.336 e. The first-order valence-corrected chi connectivity index (χ1v) is 9.85. The van der Waals surface area contributed by atoms with Gasteiger partial charge in [-0.15, -0.1) is 0 Å². The van der Waals surface area contributed by atoms with Gasteiger partial charge < -0.3 is 4.57 Å². The molecule has 2 aromatic heterocycles. The zero-order valence-electron chi connectivity index (χ0n) is 15.4. The number of fused-ring (bicyclic) bond motifs is 3. The van der Waals surface area contributed by atoms with Crippen LogP contribution in [-0.4, -0.2) is 4.57 Å². The Bertz CT molecular complexity index is 1230. The van der Waals surface area contributed by atoms with Crippen molar-refractivity contribution >= 4 is 33.4 Å². The van der Waals surface area contributed by atoms with Gasteiger partial charge in [0.15, 0.2) is 18.9 Å². The molecule has 2 nitrogen and oxygen atoms in total. The Morgan fingerprint density at radius 2 is 1.36 bits per heavy atom. The lowest BCUT2D eigenvalue weighted by Crippen LogP contribution is -2.34. The first kappa shape index (κ1) is 17.0. The molecule has 0 N–H and O–H groups in total. The molecule has 0 saturated heterocycles. The quantitative estimate of drug-likeness (QED) is 0.345. The predicted octanol–water partition coefficient (Wildman–Crippen LogP) is 5.83. The molecule has 3 aromatic carbocycles. The molecule has 0 radical (unpaired) electrons. The summed E-state index contributed by atoms with van der Waals surface area (Å²) in [4.78, 5) is 0. The van der Waals surface area contributed by atoms with Gasteiger partial charge in [-0.2, -0.15) is 0 Å². The molecule has 28 heavy (non-hydrogen) atoms. The number of aromatic nitrogens is 2. The van der Waals surface area contributed by atoms with Gasteiger partial charge in [0.1, 0.15) is 0 Å². The number of benzene rings is 3. The molecule has 136 valence electrons. The van der Waals surface area contributed by atoms with Crippen LogP contribution in [0.25, 0.3) is 21.8 Å². The molecule has 0 saturated carbocycles. The van der Waals surface area contributed by atoms with Crippen LogP contribution in [-0.2, 0) is 13.1 Å². The minimum absolute atomic E-state index is 0.765. The van der Waals surface area contributed by atoms with Gasteiger partial charge >= 0.3 is 0 Å². The van der Waals surface area contributed by atoms with Gasteiger partial charge in [-0.3, -0.25) is 0 Å². The van der Waals surface area contributed by atoms with Crippen LogP contribution in [0, 0.1) is 0 Å². The van der Waals surface area contributed by atoms with E-state index in [4.69, 9.17) is 11.6 Å². The minimum atomic E-state index is 0.765. The summed E-state index contributed by atoms with van der Waals surface area (Å²) in [5.74, 6) is 0. The highest BCUT2D eigenvalue weighted by molar-refractivity contribution is 6.31. The van der Waals surface area contributed by atoms with Crippen LogP contribution in [0.4, 0.5) is 0 Å². The van der Waals surface area contributed by atoms with Crippen LogP contribution >= 0.6 is 11.6 Å². The summed E-state index contributed by atoms with van der Waals surface area (Å²) in [6, 6.07) is 29.6. The monoisotopic (exact) mass is 383 g/mol. The molecular weight excluding hydrogens is 364 g/mol. The third-order valence-corrected chi connectivity index (χ3v) is 5.62. The first-order chi connectivity index (χ1) is 13.8. The second kappa shape index (κ2) is 7.14. The average Bonchev–Trinajstić information content (AvgIpc) is 3.04. The summed E-state index contributed by atoms with van der Waals surface area (Å²) in [7, 11) is 0. The highest BCUT2D eigenvalue weighted by atomic mass is 35.5. The molecule has 0 amide bonds. The number of halogens is 1. The molecule has 5 aromatic rings. The lowest BCUT2D eigenvalue weighted by molar-refractivity contribution is -0.688. The van der Waals surface area contributed by atoms with Gasteiger partial charge in [-0.1, -0.05) is 66.2 Å². The lowest BCUT2D eigenvalue weighted by Gasteiger charge is -2.07. The van der Waals surface area contributed by atoms with E-state index in [1.54, 1.807) is 0 Å². The van der Waals surface area contributed by atoms with Gasteiger partial charge in [0, 0.05) is 39.0 Å². The van der Waals surface area contributed by atoms with Crippen molar-refractivity contribution in [3.05, 3.63) is 113 Å². The smallest absolute Gasteiger partial charge is 0.175 e. The molecular formula is C25H20ClN2+. The maximum Gasteiger partial charge on any atom is 0.175 e. The van der Waals surface area contributed by atoms with Crippen molar-refractivity contribution in [1.29, 1.82) is 0 Å². The van der Waals surface area contributed by atoms with E-state index in [-0.39, 0.29) is 0 Å². The van der Waals surface area contributed by atoms with Crippen molar-refractivity contribution in [2.45, 2.75) is 13.1 Å². The highest BCUT2D eigenvalue weighted by Gasteiger charge is 2.12. The zero-order valence-corrected chi connectivity index (χ0v) is 16.2. The Hall–Kier alpha value is -3.10. The normalized spacial score (nSPS) is 11.3. The fraction of sp³-hybridized carbons (Fsp3) is 0.0800. The van der Waals surface area contributed by atoms with E-state index < -0.39 is 0 Å². The fourth-order valence-electron chi connectivity index (χ4n) is 3.95. The first-order valence-electron chi connectivity index (χ1n) is 9.47. The van der Waals surface area contributed by atoms with Gasteiger partial charge in [-0.25, -0.2) is 4.57 Å². The molecule has 0 fully saturated rings. The molecule has 0 aliphatic rings.